The van der Waals surface area contributed by atoms with Crippen LogP contribution in [0, 0.1) is 6.92 Å². The summed E-state index contributed by atoms with van der Waals surface area (Å²) < 4.78 is 39.2. The predicted octanol–water partition coefficient (Wildman–Crippen LogP) is 2.60. The molecule has 0 aliphatic carbocycles. The summed E-state index contributed by atoms with van der Waals surface area (Å²) in [6.07, 6.45) is 0. The van der Waals surface area contributed by atoms with Crippen molar-refractivity contribution in [1.82, 2.24) is 0 Å². The largest absolute Gasteiger partial charge is 0.465 e. The van der Waals surface area contributed by atoms with Gasteiger partial charge in [0.2, 0.25) is 0 Å². The summed E-state index contributed by atoms with van der Waals surface area (Å²) in [4.78, 5) is 35.2. The van der Waals surface area contributed by atoms with Crippen molar-refractivity contribution in [3.05, 3.63) is 45.8 Å². The van der Waals surface area contributed by atoms with Crippen molar-refractivity contribution in [2.45, 2.75) is 18.1 Å². The van der Waals surface area contributed by atoms with E-state index in [-0.39, 0.29) is 27.5 Å². The first kappa shape index (κ1) is 20.6. The third-order valence-corrected chi connectivity index (χ3v) is 6.57. The van der Waals surface area contributed by atoms with E-state index >= 15 is 0 Å². The SMILES string of the molecule is COC(=O)c1sc(S(=O)(=O)Oc2ccc(C(C)=O)cc2)c(C(=O)OC)c1C. The molecule has 0 saturated carbocycles. The van der Waals surface area contributed by atoms with E-state index in [1.54, 1.807) is 0 Å². The zero-order chi connectivity index (χ0) is 20.4. The Kier molecular flexibility index (Phi) is 6.01. The highest BCUT2D eigenvalue weighted by Gasteiger charge is 2.34. The van der Waals surface area contributed by atoms with Gasteiger partial charge in [0.1, 0.15) is 10.6 Å². The van der Waals surface area contributed by atoms with Crippen molar-refractivity contribution < 1.29 is 36.5 Å². The quantitative estimate of drug-likeness (QED) is 0.404. The summed E-state index contributed by atoms with van der Waals surface area (Å²) in [6, 6.07) is 5.45. The molecule has 2 rings (SSSR count). The van der Waals surface area contributed by atoms with E-state index in [2.05, 4.69) is 9.47 Å². The zero-order valence-electron chi connectivity index (χ0n) is 14.9. The van der Waals surface area contributed by atoms with E-state index in [0.717, 1.165) is 14.2 Å². The minimum absolute atomic E-state index is 0.0491. The fourth-order valence-corrected chi connectivity index (χ4v) is 4.83. The molecule has 1 aromatic heterocycles. The number of ether oxygens (including phenoxy) is 2. The van der Waals surface area contributed by atoms with Crippen LogP contribution in [0.1, 0.15) is 42.9 Å². The van der Waals surface area contributed by atoms with Crippen LogP contribution in [0.25, 0.3) is 0 Å². The van der Waals surface area contributed by atoms with Crippen LogP contribution in [0.5, 0.6) is 5.75 Å². The van der Waals surface area contributed by atoms with Gasteiger partial charge < -0.3 is 13.7 Å². The maximum Gasteiger partial charge on any atom is 0.349 e. The molecule has 2 aromatic rings. The van der Waals surface area contributed by atoms with Crippen LogP contribution in [0.15, 0.2) is 28.5 Å². The molecule has 10 heteroatoms. The van der Waals surface area contributed by atoms with Gasteiger partial charge in [0.05, 0.1) is 19.8 Å². The fourth-order valence-electron chi connectivity index (χ4n) is 2.20. The molecular formula is C17H16O8S2. The van der Waals surface area contributed by atoms with Gasteiger partial charge in [-0.05, 0) is 43.7 Å². The number of rotatable bonds is 6. The first-order chi connectivity index (χ1) is 12.6. The second-order valence-corrected chi connectivity index (χ2v) is 8.08. The monoisotopic (exact) mass is 412 g/mol. The summed E-state index contributed by atoms with van der Waals surface area (Å²) in [5.74, 6) is -1.95. The summed E-state index contributed by atoms with van der Waals surface area (Å²) in [6.45, 7) is 2.79. The number of hydrogen-bond donors (Lipinski definition) is 0. The Bertz CT molecular complexity index is 1000. The van der Waals surface area contributed by atoms with Gasteiger partial charge in [0.15, 0.2) is 9.99 Å². The van der Waals surface area contributed by atoms with E-state index < -0.39 is 26.3 Å². The lowest BCUT2D eigenvalue weighted by Gasteiger charge is -2.08. The molecule has 0 atom stereocenters. The number of hydrogen-bond acceptors (Lipinski definition) is 9. The van der Waals surface area contributed by atoms with E-state index in [1.165, 1.54) is 38.1 Å². The van der Waals surface area contributed by atoms with Crippen molar-refractivity contribution in [3.8, 4) is 5.75 Å². The van der Waals surface area contributed by atoms with Crippen LogP contribution in [0.2, 0.25) is 0 Å². The molecule has 1 aromatic carbocycles. The van der Waals surface area contributed by atoms with Crippen LogP contribution in [0.4, 0.5) is 0 Å². The van der Waals surface area contributed by atoms with Gasteiger partial charge in [-0.1, -0.05) is 0 Å². The van der Waals surface area contributed by atoms with Crippen molar-refractivity contribution in [3.63, 3.8) is 0 Å². The molecule has 0 saturated heterocycles. The lowest BCUT2D eigenvalue weighted by Crippen LogP contribution is -2.14. The highest BCUT2D eigenvalue weighted by atomic mass is 32.3. The van der Waals surface area contributed by atoms with E-state index in [0.29, 0.717) is 16.9 Å². The zero-order valence-corrected chi connectivity index (χ0v) is 16.5. The Morgan fingerprint density at radius 1 is 0.963 bits per heavy atom. The first-order valence-corrected chi connectivity index (χ1v) is 9.70. The average Bonchev–Trinajstić information content (AvgIpc) is 2.98. The Morgan fingerprint density at radius 2 is 1.52 bits per heavy atom. The van der Waals surface area contributed by atoms with Gasteiger partial charge in [0.25, 0.3) is 0 Å². The number of thiophene rings is 1. The molecule has 0 aliphatic rings. The molecule has 144 valence electrons. The maximum atomic E-state index is 12.7. The lowest BCUT2D eigenvalue weighted by molar-refractivity contribution is 0.0596. The molecule has 1 heterocycles. The highest BCUT2D eigenvalue weighted by molar-refractivity contribution is 7.89. The van der Waals surface area contributed by atoms with Gasteiger partial charge in [-0.25, -0.2) is 9.59 Å². The maximum absolute atomic E-state index is 12.7. The number of esters is 2. The van der Waals surface area contributed by atoms with Gasteiger partial charge >= 0.3 is 22.1 Å². The topological polar surface area (TPSA) is 113 Å². The van der Waals surface area contributed by atoms with Gasteiger partial charge in [-0.3, -0.25) is 4.79 Å². The molecule has 0 fully saturated rings. The average molecular weight is 412 g/mol. The Labute approximate surface area is 159 Å². The first-order valence-electron chi connectivity index (χ1n) is 7.47. The smallest absolute Gasteiger partial charge is 0.349 e. The van der Waals surface area contributed by atoms with Crippen LogP contribution < -0.4 is 4.18 Å². The molecule has 0 N–H and O–H groups in total. The molecule has 0 amide bonds. The van der Waals surface area contributed by atoms with Gasteiger partial charge in [-0.15, -0.1) is 11.3 Å². The Hall–Kier alpha value is -2.72. The van der Waals surface area contributed by atoms with Crippen LogP contribution in [0.3, 0.4) is 0 Å². The van der Waals surface area contributed by atoms with Crippen LogP contribution >= 0.6 is 11.3 Å². The normalized spacial score (nSPS) is 11.0. The number of methoxy groups -OCH3 is 2. The van der Waals surface area contributed by atoms with Crippen molar-refractivity contribution in [1.29, 1.82) is 0 Å². The molecule has 8 nitrogen and oxygen atoms in total. The predicted molar refractivity (Wildman–Crippen MR) is 96.0 cm³/mol. The van der Waals surface area contributed by atoms with E-state index in [4.69, 9.17) is 4.18 Å². The lowest BCUT2D eigenvalue weighted by atomic mass is 10.1. The summed E-state index contributed by atoms with van der Waals surface area (Å²) >= 11 is 0.554. The molecule has 0 bridgehead atoms. The number of ketones is 1. The minimum atomic E-state index is -4.45. The summed E-state index contributed by atoms with van der Waals surface area (Å²) in [5, 5.41) is 0. The molecule has 0 unspecified atom stereocenters. The van der Waals surface area contributed by atoms with Crippen molar-refractivity contribution in [2.24, 2.45) is 0 Å². The highest BCUT2D eigenvalue weighted by Crippen LogP contribution is 2.34. The minimum Gasteiger partial charge on any atom is -0.465 e. The van der Waals surface area contributed by atoms with Crippen molar-refractivity contribution >= 4 is 39.2 Å². The number of Topliss-reactive ketones (excluding diaryl/α,β-unsaturated/α-hetero) is 1. The summed E-state index contributed by atoms with van der Waals surface area (Å²) in [7, 11) is -2.22. The second-order valence-electron chi connectivity index (χ2n) is 5.32. The molecule has 0 radical (unpaired) electrons. The molecular weight excluding hydrogens is 396 g/mol. The third kappa shape index (κ3) is 4.17. The molecule has 0 aliphatic heterocycles. The third-order valence-electron chi connectivity index (χ3n) is 3.57. The van der Waals surface area contributed by atoms with Gasteiger partial charge in [0, 0.05) is 5.56 Å². The van der Waals surface area contributed by atoms with Crippen LogP contribution in [-0.2, 0) is 19.6 Å². The fraction of sp³-hybridized carbons (Fsp3) is 0.235. The van der Waals surface area contributed by atoms with E-state index in [1.807, 2.05) is 0 Å². The summed E-state index contributed by atoms with van der Waals surface area (Å²) in [5.41, 5.74) is 0.214. The number of carbonyl (C=O) groups is 3. The standard InChI is InChI=1S/C17H16O8S2/c1-9-13(15(19)23-3)17(26-14(9)16(20)24-4)27(21,22)25-12-7-5-11(6-8-12)10(2)18/h5-8H,1-4H3. The van der Waals surface area contributed by atoms with Crippen molar-refractivity contribution in [2.75, 3.05) is 14.2 Å². The van der Waals surface area contributed by atoms with Gasteiger partial charge in [-0.2, -0.15) is 8.42 Å². The Morgan fingerprint density at radius 3 is 2.00 bits per heavy atom. The van der Waals surface area contributed by atoms with E-state index in [9.17, 15) is 22.8 Å². The molecule has 27 heavy (non-hydrogen) atoms. The number of carbonyl (C=O) groups excluding carboxylic acids is 3. The molecule has 0 spiro atoms. The number of benzene rings is 1. The second kappa shape index (κ2) is 7.89. The van der Waals surface area contributed by atoms with Crippen LogP contribution in [-0.4, -0.2) is 40.4 Å². The Balaban J connectivity index is 2.52.